The van der Waals surface area contributed by atoms with Crippen LogP contribution in [0.2, 0.25) is 0 Å². The van der Waals surface area contributed by atoms with Crippen LogP contribution in [0.4, 0.5) is 13.2 Å². The molecule has 30 valence electrons. The Morgan fingerprint density at radius 3 is 1.20 bits per heavy atom. The lowest BCUT2D eigenvalue weighted by Crippen LogP contribution is -2.03. The monoisotopic (exact) mass is 82.0 g/mol. The van der Waals surface area contributed by atoms with E-state index in [2.05, 4.69) is 0 Å². The van der Waals surface area contributed by atoms with Gasteiger partial charge in [-0.25, -0.2) is 0 Å². The van der Waals surface area contributed by atoms with Crippen LogP contribution in [-0.2, 0) is 0 Å². The first-order chi connectivity index (χ1) is 2.00. The van der Waals surface area contributed by atoms with Gasteiger partial charge in [-0.1, -0.05) is 0 Å². The third-order valence-corrected chi connectivity index (χ3v) is 0. The molecule has 0 aliphatic rings. The van der Waals surface area contributed by atoms with Crippen molar-refractivity contribution in [3.05, 3.63) is 0 Å². The van der Waals surface area contributed by atoms with E-state index in [0.717, 1.165) is 0 Å². The molecule has 0 saturated heterocycles. The summed E-state index contributed by atoms with van der Waals surface area (Å²) in [5.41, 5.74) is 0. The minimum atomic E-state index is -4.00. The second kappa shape index (κ2) is 0.917. The van der Waals surface area contributed by atoms with E-state index in [0.29, 0.717) is 0 Å². The summed E-state index contributed by atoms with van der Waals surface area (Å²) < 4.78 is 31.1. The highest BCUT2D eigenvalue weighted by atomic mass is 19.4. The molecule has 5 heavy (non-hydrogen) atoms. The van der Waals surface area contributed by atoms with Crippen molar-refractivity contribution in [1.82, 2.24) is 0 Å². The Balaban J connectivity index is 3.02. The number of hydrogen-bond acceptors (Lipinski definition) is 0. The largest absolute Gasteiger partial charge is 0.337 e. The van der Waals surface area contributed by atoms with Gasteiger partial charge in [0.15, 0.2) is 0 Å². The molecule has 0 N–H and O–H groups in total. The van der Waals surface area contributed by atoms with E-state index in [4.69, 9.17) is 0 Å². The average Bonchev–Trinajstić information content (AvgIpc) is 0.722. The first-order valence-corrected chi connectivity index (χ1v) is 1.07. The highest BCUT2D eigenvalue weighted by Crippen LogP contribution is 2.05. The molecule has 0 fully saturated rings. The van der Waals surface area contributed by atoms with Gasteiger partial charge in [-0.3, -0.25) is 0 Å². The van der Waals surface area contributed by atoms with E-state index in [1.54, 1.807) is 0 Å². The van der Waals surface area contributed by atoms with Crippen molar-refractivity contribution < 1.29 is 13.2 Å². The van der Waals surface area contributed by atoms with Crippen molar-refractivity contribution in [3.8, 4) is 0 Å². The SMILES string of the molecule is BC(F)(F)F. The standard InChI is InChI=1S/CH2BF3/c2-1(3,4)5/h2H2. The quantitative estimate of drug-likeness (QED) is 0.364. The Bertz CT molecular complexity index is 22.4. The predicted molar refractivity (Wildman–Crippen MR) is 14.6 cm³/mol. The summed E-state index contributed by atoms with van der Waals surface area (Å²) >= 11 is 0. The van der Waals surface area contributed by atoms with Crippen LogP contribution in [0.3, 0.4) is 0 Å². The fraction of sp³-hybridized carbons (Fsp3) is 1.00. The molecule has 0 rings (SSSR count). The maximum atomic E-state index is 10.4. The first-order valence-electron chi connectivity index (χ1n) is 1.07. The van der Waals surface area contributed by atoms with Gasteiger partial charge >= 0.3 is 6.08 Å². The van der Waals surface area contributed by atoms with Crippen molar-refractivity contribution in [2.24, 2.45) is 0 Å². The molecule has 0 saturated carbocycles. The molecule has 0 spiro atoms. The highest BCUT2D eigenvalue weighted by molar-refractivity contribution is 6.11. The topological polar surface area (TPSA) is 0 Å². The molecule has 0 atom stereocenters. The summed E-state index contributed by atoms with van der Waals surface area (Å²) in [5.74, 6) is 0. The molecule has 0 aromatic carbocycles. The second-order valence-electron chi connectivity index (χ2n) is 0.781. The Kier molecular flexibility index (Phi) is 0.890. The number of rotatable bonds is 0. The lowest BCUT2D eigenvalue weighted by molar-refractivity contribution is -0.0429. The zero-order valence-electron chi connectivity index (χ0n) is 2.63. The smallest absolute Gasteiger partial charge is 0.183 e. The molecule has 0 aromatic heterocycles. The van der Waals surface area contributed by atoms with Crippen LogP contribution in [0.1, 0.15) is 0 Å². The predicted octanol–water partition coefficient (Wildman–Crippen LogP) is 0.139. The van der Waals surface area contributed by atoms with E-state index in [9.17, 15) is 13.2 Å². The molecule has 0 bridgehead atoms. The summed E-state index contributed by atoms with van der Waals surface area (Å²) in [6.07, 6.45) is -4.00. The van der Waals surface area contributed by atoms with E-state index in [1.807, 2.05) is 0 Å². The van der Waals surface area contributed by atoms with Gasteiger partial charge in [0.25, 0.3) is 0 Å². The lowest BCUT2D eigenvalue weighted by Gasteiger charge is -1.89. The molecular weight excluding hydrogens is 79.8 g/mol. The van der Waals surface area contributed by atoms with Crippen molar-refractivity contribution in [2.75, 3.05) is 0 Å². The fourth-order valence-corrected chi connectivity index (χ4v) is 0. The third kappa shape index (κ3) is 630. The maximum Gasteiger partial charge on any atom is 0.337 e. The molecule has 4 heteroatoms. The molecule has 0 heterocycles. The van der Waals surface area contributed by atoms with E-state index < -0.39 is 6.08 Å². The van der Waals surface area contributed by atoms with Gasteiger partial charge < -0.3 is 0 Å². The zero-order chi connectivity index (χ0) is 4.50. The van der Waals surface area contributed by atoms with Crippen LogP contribution >= 0.6 is 0 Å². The molecule has 0 aromatic rings. The second-order valence-corrected chi connectivity index (χ2v) is 0.781. The zero-order valence-corrected chi connectivity index (χ0v) is 2.63. The van der Waals surface area contributed by atoms with Crippen LogP contribution in [0.25, 0.3) is 0 Å². The molecular formula is CH2BF3. The highest BCUT2D eigenvalue weighted by Gasteiger charge is 2.15. The Labute approximate surface area is 28.4 Å². The number of halogens is 3. The molecule has 0 unspecified atom stereocenters. The van der Waals surface area contributed by atoms with Gasteiger partial charge in [0.05, 0.1) is 0 Å². The van der Waals surface area contributed by atoms with Crippen molar-refractivity contribution in [3.63, 3.8) is 0 Å². The van der Waals surface area contributed by atoms with Crippen molar-refractivity contribution >= 4 is 7.85 Å². The molecule has 0 nitrogen and oxygen atoms in total. The summed E-state index contributed by atoms with van der Waals surface area (Å²) in [4.78, 5) is 0. The Morgan fingerprint density at radius 1 is 1.20 bits per heavy atom. The van der Waals surface area contributed by atoms with Crippen LogP contribution in [0.5, 0.6) is 0 Å². The van der Waals surface area contributed by atoms with Crippen LogP contribution < -0.4 is 0 Å². The third-order valence-electron chi connectivity index (χ3n) is 0. The molecule has 0 aliphatic carbocycles. The molecule has 0 radical (unpaired) electrons. The Morgan fingerprint density at radius 2 is 1.20 bits per heavy atom. The van der Waals surface area contributed by atoms with Gasteiger partial charge in [0.1, 0.15) is 0 Å². The van der Waals surface area contributed by atoms with Gasteiger partial charge in [-0.2, -0.15) is 13.2 Å². The normalized spacial score (nSPS) is 11.8. The summed E-state index contributed by atoms with van der Waals surface area (Å²) in [6, 6.07) is 0. The summed E-state index contributed by atoms with van der Waals surface area (Å²) in [5, 5.41) is 0. The number of alkyl halides is 3. The Hall–Kier alpha value is -0.145. The van der Waals surface area contributed by atoms with E-state index in [-0.39, 0.29) is 7.85 Å². The molecule has 0 aliphatic heterocycles. The van der Waals surface area contributed by atoms with Crippen molar-refractivity contribution in [1.29, 1.82) is 0 Å². The van der Waals surface area contributed by atoms with E-state index >= 15 is 0 Å². The average molecular weight is 81.8 g/mol. The molecule has 0 amide bonds. The first kappa shape index (κ1) is 4.85. The lowest BCUT2D eigenvalue weighted by atomic mass is 10.2. The van der Waals surface area contributed by atoms with Gasteiger partial charge in [0.2, 0.25) is 7.85 Å². The van der Waals surface area contributed by atoms with E-state index in [1.165, 1.54) is 0 Å². The summed E-state index contributed by atoms with van der Waals surface area (Å²) in [7, 11) is 0.188. The van der Waals surface area contributed by atoms with Crippen molar-refractivity contribution in [2.45, 2.75) is 6.08 Å². The van der Waals surface area contributed by atoms with Crippen LogP contribution in [0.15, 0.2) is 0 Å². The van der Waals surface area contributed by atoms with Gasteiger partial charge in [-0.05, 0) is 0 Å². The van der Waals surface area contributed by atoms with Crippen LogP contribution in [-0.4, -0.2) is 13.9 Å². The fourth-order valence-electron chi connectivity index (χ4n) is 0. The van der Waals surface area contributed by atoms with Crippen LogP contribution in [0, 0.1) is 0 Å². The number of hydrogen-bond donors (Lipinski definition) is 0. The van der Waals surface area contributed by atoms with Gasteiger partial charge in [0, 0.05) is 0 Å². The van der Waals surface area contributed by atoms with Gasteiger partial charge in [-0.15, -0.1) is 0 Å². The minimum absolute atomic E-state index is 0.188. The maximum absolute atomic E-state index is 10.4. The minimum Gasteiger partial charge on any atom is -0.183 e. The summed E-state index contributed by atoms with van der Waals surface area (Å²) in [6.45, 7) is 0.